The highest BCUT2D eigenvalue weighted by Gasteiger charge is 2.08. The number of alkyl halides is 1. The first kappa shape index (κ1) is 25.2. The number of hydrogen-bond acceptors (Lipinski definition) is 4. The second kappa shape index (κ2) is 13.2. The number of pyridine rings is 2. The van der Waals surface area contributed by atoms with E-state index in [9.17, 15) is 9.59 Å². The van der Waals surface area contributed by atoms with E-state index in [0.717, 1.165) is 29.5 Å². The minimum absolute atomic E-state index is 0. The summed E-state index contributed by atoms with van der Waals surface area (Å²) in [5.74, 6) is 0.0650. The summed E-state index contributed by atoms with van der Waals surface area (Å²) in [6.45, 7) is 5.60. The molecule has 0 bridgehead atoms. The van der Waals surface area contributed by atoms with Gasteiger partial charge in [-0.2, -0.15) is 0 Å². The van der Waals surface area contributed by atoms with Crippen LogP contribution in [0.3, 0.4) is 0 Å². The number of nitrogens with zero attached hydrogens (tertiary/aromatic N) is 2. The van der Waals surface area contributed by atoms with E-state index in [0.29, 0.717) is 5.56 Å². The fraction of sp³-hybridized carbons (Fsp3) is 0.400. The molecule has 4 nitrogen and oxygen atoms in total. The highest BCUT2D eigenvalue weighted by atomic mass is 35.5. The summed E-state index contributed by atoms with van der Waals surface area (Å²) in [7, 11) is 0. The van der Waals surface area contributed by atoms with Gasteiger partial charge in [0.15, 0.2) is 11.6 Å². The number of hydrogen-bond donors (Lipinski definition) is 0. The minimum atomic E-state index is -0.0541. The van der Waals surface area contributed by atoms with Gasteiger partial charge in [-0.25, -0.2) is 0 Å². The maximum atomic E-state index is 11.2. The monoisotopic (exact) mass is 364 g/mol. The van der Waals surface area contributed by atoms with Gasteiger partial charge in [0.2, 0.25) is 0 Å². The molecule has 0 aliphatic heterocycles. The van der Waals surface area contributed by atoms with Crippen LogP contribution in [0, 0.1) is 0 Å². The normalized spacial score (nSPS) is 8.96. The summed E-state index contributed by atoms with van der Waals surface area (Å²) in [6, 6.07) is 3.73. The molecule has 2 rings (SSSR count). The van der Waals surface area contributed by atoms with Crippen molar-refractivity contribution in [2.45, 2.75) is 48.5 Å². The summed E-state index contributed by atoms with van der Waals surface area (Å²) in [4.78, 5) is 30.0. The van der Waals surface area contributed by atoms with Gasteiger partial charge in [0.1, 0.15) is 0 Å². The Hall–Kier alpha value is -2.07. The van der Waals surface area contributed by atoms with E-state index < -0.39 is 0 Å². The largest absolute Gasteiger partial charge is 0.294 e. The summed E-state index contributed by atoms with van der Waals surface area (Å²) in [5.41, 5.74) is 3.48. The van der Waals surface area contributed by atoms with Crippen LogP contribution in [0.1, 0.15) is 67.5 Å². The number of carbonyl (C=O) groups excluding carboxylic acids is 2. The van der Waals surface area contributed by atoms with Gasteiger partial charge < -0.3 is 0 Å². The minimum Gasteiger partial charge on any atom is -0.294 e. The number of carbonyl (C=O) groups is 2. The van der Waals surface area contributed by atoms with Crippen molar-refractivity contribution in [3.63, 3.8) is 0 Å². The molecule has 0 saturated carbocycles. The first-order valence-corrected chi connectivity index (χ1v) is 8.04. The molecule has 0 atom stereocenters. The summed E-state index contributed by atoms with van der Waals surface area (Å²) < 4.78 is 0. The SMILES string of the molecule is C.C.CCc1ccncc1C(=O)CCl.CCc1ccncc1C(C)=O. The second-order valence-corrected chi connectivity index (χ2v) is 5.15. The second-order valence-electron chi connectivity index (χ2n) is 4.89. The van der Waals surface area contributed by atoms with Crippen molar-refractivity contribution in [3.8, 4) is 0 Å². The molecule has 0 spiro atoms. The average Bonchev–Trinajstić information content (AvgIpc) is 2.61. The predicted molar refractivity (Wildman–Crippen MR) is 106 cm³/mol. The molecule has 0 radical (unpaired) electrons. The Morgan fingerprint density at radius 2 is 1.36 bits per heavy atom. The molecule has 0 N–H and O–H groups in total. The maximum absolute atomic E-state index is 11.2. The Labute approximate surface area is 156 Å². The van der Waals surface area contributed by atoms with Crippen LogP contribution in [0.4, 0.5) is 0 Å². The van der Waals surface area contributed by atoms with Gasteiger partial charge >= 0.3 is 0 Å². The molecular formula is C20H29ClN2O2. The lowest BCUT2D eigenvalue weighted by Crippen LogP contribution is -2.04. The van der Waals surface area contributed by atoms with Crippen LogP contribution >= 0.6 is 11.6 Å². The average molecular weight is 365 g/mol. The molecule has 0 amide bonds. The van der Waals surface area contributed by atoms with E-state index in [1.54, 1.807) is 31.7 Å². The molecule has 0 unspecified atom stereocenters. The number of ketones is 2. The number of rotatable bonds is 5. The van der Waals surface area contributed by atoms with Crippen LogP contribution in [-0.4, -0.2) is 27.4 Å². The lowest BCUT2D eigenvalue weighted by atomic mass is 10.1. The Bertz CT molecular complexity index is 672. The fourth-order valence-electron chi connectivity index (χ4n) is 2.10. The molecule has 0 fully saturated rings. The molecule has 0 aliphatic rings. The standard InChI is InChI=1S/C9H10ClNO.C9H11NO.2CH4/c1-2-7-3-4-11-6-8(7)9(12)5-10;1-3-8-4-5-10-6-9(8)7(2)11;;/h3-4,6H,2,5H2,1H3;4-6H,3H2,1-2H3;2*1H4. The molecule has 2 heterocycles. The zero-order valence-electron chi connectivity index (χ0n) is 13.7. The van der Waals surface area contributed by atoms with Crippen LogP contribution in [-0.2, 0) is 12.8 Å². The van der Waals surface area contributed by atoms with Gasteiger partial charge in [-0.15, -0.1) is 11.6 Å². The van der Waals surface area contributed by atoms with Crippen molar-refractivity contribution in [1.29, 1.82) is 0 Å². The van der Waals surface area contributed by atoms with Crippen molar-refractivity contribution in [3.05, 3.63) is 59.2 Å². The number of aromatic nitrogens is 2. The number of halogens is 1. The Morgan fingerprint density at radius 3 is 1.72 bits per heavy atom. The van der Waals surface area contributed by atoms with Crippen molar-refractivity contribution in [1.82, 2.24) is 9.97 Å². The van der Waals surface area contributed by atoms with E-state index in [4.69, 9.17) is 11.6 Å². The van der Waals surface area contributed by atoms with Gasteiger partial charge in [0.25, 0.3) is 0 Å². The van der Waals surface area contributed by atoms with Crippen molar-refractivity contribution in [2.24, 2.45) is 0 Å². The van der Waals surface area contributed by atoms with Crippen LogP contribution in [0.2, 0.25) is 0 Å². The molecule has 25 heavy (non-hydrogen) atoms. The molecule has 2 aromatic rings. The van der Waals surface area contributed by atoms with Gasteiger partial charge in [0.05, 0.1) is 5.88 Å². The van der Waals surface area contributed by atoms with Gasteiger partial charge in [-0.05, 0) is 43.0 Å². The Balaban J connectivity index is 0. The fourth-order valence-corrected chi connectivity index (χ4v) is 2.25. The van der Waals surface area contributed by atoms with E-state index in [1.165, 1.54) is 0 Å². The van der Waals surface area contributed by atoms with Gasteiger partial charge in [-0.1, -0.05) is 28.7 Å². The molecule has 0 aromatic carbocycles. The third-order valence-electron chi connectivity index (χ3n) is 3.39. The molecule has 5 heteroatoms. The van der Waals surface area contributed by atoms with E-state index >= 15 is 0 Å². The first-order chi connectivity index (χ1) is 11.0. The third-order valence-corrected chi connectivity index (χ3v) is 3.63. The summed E-state index contributed by atoms with van der Waals surface area (Å²) in [6.07, 6.45) is 8.32. The highest BCUT2D eigenvalue weighted by molar-refractivity contribution is 6.30. The lowest BCUT2D eigenvalue weighted by molar-refractivity contribution is 0.100. The van der Waals surface area contributed by atoms with Gasteiger partial charge in [0, 0.05) is 35.9 Å². The molecular weight excluding hydrogens is 336 g/mol. The smallest absolute Gasteiger partial charge is 0.179 e. The zero-order valence-corrected chi connectivity index (χ0v) is 14.4. The quantitative estimate of drug-likeness (QED) is 0.541. The van der Waals surface area contributed by atoms with Crippen LogP contribution < -0.4 is 0 Å². The zero-order chi connectivity index (χ0) is 17.2. The van der Waals surface area contributed by atoms with Crippen molar-refractivity contribution in [2.75, 3.05) is 5.88 Å². The Morgan fingerprint density at radius 1 is 0.920 bits per heavy atom. The third kappa shape index (κ3) is 7.57. The predicted octanol–water partition coefficient (Wildman–Crippen LogP) is 5.18. The summed E-state index contributed by atoms with van der Waals surface area (Å²) in [5, 5.41) is 0. The highest BCUT2D eigenvalue weighted by Crippen LogP contribution is 2.09. The topological polar surface area (TPSA) is 59.9 Å². The van der Waals surface area contributed by atoms with Crippen LogP contribution in [0.15, 0.2) is 36.9 Å². The molecule has 2 aromatic heterocycles. The van der Waals surface area contributed by atoms with Crippen LogP contribution in [0.5, 0.6) is 0 Å². The van der Waals surface area contributed by atoms with E-state index in [1.807, 2.05) is 26.0 Å². The lowest BCUT2D eigenvalue weighted by Gasteiger charge is -2.02. The first-order valence-electron chi connectivity index (χ1n) is 7.50. The number of aryl methyl sites for hydroxylation is 2. The molecule has 138 valence electrons. The van der Waals surface area contributed by atoms with Crippen molar-refractivity contribution >= 4 is 23.2 Å². The number of Topliss-reactive ketones (excluding diaryl/α,β-unsaturated/α-hetero) is 2. The van der Waals surface area contributed by atoms with Crippen LogP contribution in [0.25, 0.3) is 0 Å². The van der Waals surface area contributed by atoms with Crippen molar-refractivity contribution < 1.29 is 9.59 Å². The Kier molecular flexibility index (Phi) is 13.3. The summed E-state index contributed by atoms with van der Waals surface area (Å²) >= 11 is 5.44. The van der Waals surface area contributed by atoms with E-state index in [2.05, 4.69) is 9.97 Å². The molecule has 0 aliphatic carbocycles. The van der Waals surface area contributed by atoms with E-state index in [-0.39, 0.29) is 32.3 Å². The van der Waals surface area contributed by atoms with Gasteiger partial charge in [-0.3, -0.25) is 19.6 Å². The maximum Gasteiger partial charge on any atom is 0.179 e. The molecule has 0 saturated heterocycles.